The van der Waals surface area contributed by atoms with E-state index in [1.807, 2.05) is 31.2 Å². The number of carbonyl (C=O) groups is 1. The normalized spacial score (nSPS) is 10.2. The van der Waals surface area contributed by atoms with E-state index in [0.29, 0.717) is 18.5 Å². The topological polar surface area (TPSA) is 62.0 Å². The van der Waals surface area contributed by atoms with E-state index in [0.717, 1.165) is 5.56 Å². The first-order valence-corrected chi connectivity index (χ1v) is 6.17. The quantitative estimate of drug-likeness (QED) is 0.881. The molecule has 1 aromatic carbocycles. The van der Waals surface area contributed by atoms with Crippen LogP contribution in [0.1, 0.15) is 17.5 Å². The van der Waals surface area contributed by atoms with Gasteiger partial charge in [0, 0.05) is 18.7 Å². The molecule has 0 radical (unpaired) electrons. The molecule has 0 spiro atoms. The van der Waals surface area contributed by atoms with E-state index in [1.54, 1.807) is 6.07 Å². The van der Waals surface area contributed by atoms with E-state index < -0.39 is 0 Å². The van der Waals surface area contributed by atoms with Crippen molar-refractivity contribution in [2.75, 3.05) is 5.32 Å². The van der Waals surface area contributed by atoms with Crippen molar-refractivity contribution in [3.05, 3.63) is 64.1 Å². The third-order valence-corrected chi connectivity index (χ3v) is 2.83. The van der Waals surface area contributed by atoms with Gasteiger partial charge in [0.25, 0.3) is 0 Å². The molecule has 1 heterocycles. The van der Waals surface area contributed by atoms with Gasteiger partial charge in [-0.05, 0) is 25.0 Å². The van der Waals surface area contributed by atoms with Gasteiger partial charge >= 0.3 is 0 Å². The molecule has 0 aliphatic rings. The monoisotopic (exact) mass is 256 g/mol. The molecule has 0 saturated carbocycles. The largest absolute Gasteiger partial charge is 0.327 e. The van der Waals surface area contributed by atoms with Crippen molar-refractivity contribution in [1.29, 1.82) is 0 Å². The summed E-state index contributed by atoms with van der Waals surface area (Å²) in [5, 5.41) is 2.74. The van der Waals surface area contributed by atoms with Crippen LogP contribution in [0.25, 0.3) is 0 Å². The second-order valence-corrected chi connectivity index (χ2v) is 4.48. The molecule has 0 aliphatic heterocycles. The average Bonchev–Trinajstić information content (AvgIpc) is 2.41. The van der Waals surface area contributed by atoms with E-state index in [9.17, 15) is 9.59 Å². The van der Waals surface area contributed by atoms with Crippen LogP contribution in [0, 0.1) is 6.92 Å². The van der Waals surface area contributed by atoms with Crippen LogP contribution in [0.3, 0.4) is 0 Å². The van der Waals surface area contributed by atoms with Crippen LogP contribution >= 0.6 is 0 Å². The smallest absolute Gasteiger partial charge is 0.248 e. The lowest BCUT2D eigenvalue weighted by Gasteiger charge is -2.05. The molecule has 98 valence electrons. The fourth-order valence-corrected chi connectivity index (χ4v) is 1.72. The molecule has 4 heteroatoms. The Labute approximate surface area is 111 Å². The first-order valence-electron chi connectivity index (χ1n) is 6.17. The highest BCUT2D eigenvalue weighted by molar-refractivity contribution is 5.90. The van der Waals surface area contributed by atoms with E-state index in [1.165, 1.54) is 17.8 Å². The fourth-order valence-electron chi connectivity index (χ4n) is 1.72. The van der Waals surface area contributed by atoms with Crippen LogP contribution < -0.4 is 10.9 Å². The lowest BCUT2D eigenvalue weighted by molar-refractivity contribution is -0.116. The summed E-state index contributed by atoms with van der Waals surface area (Å²) in [4.78, 5) is 25.1. The molecule has 19 heavy (non-hydrogen) atoms. The average molecular weight is 256 g/mol. The molecule has 0 saturated heterocycles. The molecule has 0 atom stereocenters. The zero-order valence-electron chi connectivity index (χ0n) is 10.8. The highest BCUT2D eigenvalue weighted by Gasteiger charge is 2.03. The molecule has 4 nitrogen and oxygen atoms in total. The Morgan fingerprint density at radius 3 is 2.53 bits per heavy atom. The molecule has 2 rings (SSSR count). The van der Waals surface area contributed by atoms with Gasteiger partial charge in [-0.15, -0.1) is 0 Å². The Morgan fingerprint density at radius 1 is 1.16 bits per heavy atom. The minimum absolute atomic E-state index is 0.0624. The minimum atomic E-state index is -0.183. The van der Waals surface area contributed by atoms with Crippen molar-refractivity contribution in [2.24, 2.45) is 0 Å². The van der Waals surface area contributed by atoms with Gasteiger partial charge in [0.2, 0.25) is 11.5 Å². The van der Waals surface area contributed by atoms with Gasteiger partial charge in [-0.2, -0.15) is 0 Å². The second-order valence-electron chi connectivity index (χ2n) is 4.48. The summed E-state index contributed by atoms with van der Waals surface area (Å²) >= 11 is 0. The number of H-pyrrole nitrogens is 1. The Hall–Kier alpha value is -2.36. The maximum atomic E-state index is 11.7. The van der Waals surface area contributed by atoms with Gasteiger partial charge in [-0.3, -0.25) is 9.59 Å². The number of aromatic nitrogens is 1. The number of amides is 1. The predicted octanol–water partition coefficient (Wildman–Crippen LogP) is 2.25. The van der Waals surface area contributed by atoms with Crippen molar-refractivity contribution in [1.82, 2.24) is 4.98 Å². The zero-order valence-corrected chi connectivity index (χ0v) is 10.8. The molecule has 2 aromatic rings. The number of pyridine rings is 1. The number of hydrogen-bond acceptors (Lipinski definition) is 2. The number of benzene rings is 1. The fraction of sp³-hybridized carbons (Fsp3) is 0.200. The third kappa shape index (κ3) is 4.10. The SMILES string of the molecule is Cc1ccc(CCC(=O)Nc2ccc(=O)[nH]c2)cc1. The lowest BCUT2D eigenvalue weighted by atomic mass is 10.1. The highest BCUT2D eigenvalue weighted by Crippen LogP contribution is 2.07. The van der Waals surface area contributed by atoms with Crippen LogP contribution in [0.15, 0.2) is 47.4 Å². The number of rotatable bonds is 4. The minimum Gasteiger partial charge on any atom is -0.327 e. The van der Waals surface area contributed by atoms with Gasteiger partial charge in [-0.25, -0.2) is 0 Å². The summed E-state index contributed by atoms with van der Waals surface area (Å²) in [5.41, 5.74) is 2.77. The van der Waals surface area contributed by atoms with Gasteiger partial charge in [-0.1, -0.05) is 29.8 Å². The molecule has 1 amide bonds. The van der Waals surface area contributed by atoms with Crippen LogP contribution in [-0.2, 0) is 11.2 Å². The summed E-state index contributed by atoms with van der Waals surface area (Å²) in [7, 11) is 0. The number of aromatic amines is 1. The van der Waals surface area contributed by atoms with Crippen LogP contribution in [0.4, 0.5) is 5.69 Å². The molecule has 2 N–H and O–H groups in total. The number of nitrogens with one attached hydrogen (secondary N) is 2. The van der Waals surface area contributed by atoms with Crippen LogP contribution in [-0.4, -0.2) is 10.9 Å². The van der Waals surface area contributed by atoms with Crippen molar-refractivity contribution in [2.45, 2.75) is 19.8 Å². The molecular weight excluding hydrogens is 240 g/mol. The molecular formula is C15H16N2O2. The van der Waals surface area contributed by atoms with Gasteiger partial charge in [0.05, 0.1) is 5.69 Å². The summed E-state index contributed by atoms with van der Waals surface area (Å²) in [5.74, 6) is -0.0624. The summed E-state index contributed by atoms with van der Waals surface area (Å²) in [6.45, 7) is 2.03. The number of aryl methyl sites for hydroxylation is 2. The number of anilines is 1. The maximum Gasteiger partial charge on any atom is 0.248 e. The Bertz CT molecular complexity index is 594. The van der Waals surface area contributed by atoms with Gasteiger partial charge in [0.1, 0.15) is 0 Å². The van der Waals surface area contributed by atoms with Gasteiger partial charge < -0.3 is 10.3 Å². The van der Waals surface area contributed by atoms with E-state index in [2.05, 4.69) is 10.3 Å². The second kappa shape index (κ2) is 6.00. The summed E-state index contributed by atoms with van der Waals surface area (Å²) in [6.07, 6.45) is 2.61. The maximum absolute atomic E-state index is 11.7. The molecule has 0 bridgehead atoms. The molecule has 1 aromatic heterocycles. The van der Waals surface area contributed by atoms with Crippen LogP contribution in [0.5, 0.6) is 0 Å². The van der Waals surface area contributed by atoms with Crippen molar-refractivity contribution >= 4 is 11.6 Å². The third-order valence-electron chi connectivity index (χ3n) is 2.83. The highest BCUT2D eigenvalue weighted by atomic mass is 16.1. The first kappa shape index (κ1) is 13.1. The Morgan fingerprint density at radius 2 is 1.89 bits per heavy atom. The molecule has 0 unspecified atom stereocenters. The van der Waals surface area contributed by atoms with E-state index >= 15 is 0 Å². The van der Waals surface area contributed by atoms with Crippen LogP contribution in [0.2, 0.25) is 0 Å². The molecule has 0 fully saturated rings. The first-order chi connectivity index (χ1) is 9.13. The lowest BCUT2D eigenvalue weighted by Crippen LogP contribution is -2.13. The zero-order chi connectivity index (χ0) is 13.7. The van der Waals surface area contributed by atoms with Crippen molar-refractivity contribution < 1.29 is 4.79 Å². The predicted molar refractivity (Wildman–Crippen MR) is 75.2 cm³/mol. The standard InChI is InChI=1S/C15H16N2O2/c1-11-2-4-12(5-3-11)6-8-15(19)17-13-7-9-14(18)16-10-13/h2-5,7,9-10H,6,8H2,1H3,(H,16,18)(H,17,19). The van der Waals surface area contributed by atoms with E-state index in [4.69, 9.17) is 0 Å². The Kier molecular flexibility index (Phi) is 4.13. The molecule has 0 aliphatic carbocycles. The summed E-state index contributed by atoms with van der Waals surface area (Å²) < 4.78 is 0. The number of carbonyl (C=O) groups excluding carboxylic acids is 1. The van der Waals surface area contributed by atoms with Gasteiger partial charge in [0.15, 0.2) is 0 Å². The summed E-state index contributed by atoms with van der Waals surface area (Å²) in [6, 6.07) is 11.1. The Balaban J connectivity index is 1.86. The van der Waals surface area contributed by atoms with E-state index in [-0.39, 0.29) is 11.5 Å². The number of hydrogen-bond donors (Lipinski definition) is 2. The van der Waals surface area contributed by atoms with Crippen molar-refractivity contribution in [3.63, 3.8) is 0 Å². The van der Waals surface area contributed by atoms with Crippen molar-refractivity contribution in [3.8, 4) is 0 Å².